The van der Waals surface area contributed by atoms with Crippen molar-refractivity contribution in [2.45, 2.75) is 87.0 Å². The number of carboxylic acids is 1. The van der Waals surface area contributed by atoms with Gasteiger partial charge in [-0.1, -0.05) is 12.1 Å². The summed E-state index contributed by atoms with van der Waals surface area (Å²) in [5.74, 6) is 0.250. The lowest BCUT2D eigenvalue weighted by Crippen LogP contribution is -2.63. The number of ether oxygens (including phenoxy) is 8. The van der Waals surface area contributed by atoms with Crippen LogP contribution in [0, 0.1) is 0 Å². The lowest BCUT2D eigenvalue weighted by molar-refractivity contribution is -0.379. The van der Waals surface area contributed by atoms with Gasteiger partial charge in [0.1, 0.15) is 54.2 Å². The van der Waals surface area contributed by atoms with Gasteiger partial charge in [0.05, 0.1) is 25.2 Å². The van der Waals surface area contributed by atoms with Crippen LogP contribution in [0.25, 0.3) is 0 Å². The molecule has 8 rings (SSSR count). The van der Waals surface area contributed by atoms with Crippen molar-refractivity contribution in [3.05, 3.63) is 70.8 Å². The number of hydrogen-bond acceptors (Lipinski definition) is 16. The second kappa shape index (κ2) is 16.3. The number of rotatable bonds is 13. The molecule has 5 heterocycles. The molecule has 2 saturated heterocycles. The van der Waals surface area contributed by atoms with Crippen molar-refractivity contribution >= 4 is 11.9 Å². The van der Waals surface area contributed by atoms with Gasteiger partial charge in [0.25, 0.3) is 0 Å². The van der Waals surface area contributed by atoms with Gasteiger partial charge in [-0.05, 0) is 55.2 Å². The zero-order valence-corrected chi connectivity index (χ0v) is 30.2. The van der Waals surface area contributed by atoms with E-state index in [0.29, 0.717) is 47.2 Å². The highest BCUT2D eigenvalue weighted by Gasteiger charge is 2.54. The number of carbonyl (C=O) groups is 2. The maximum Gasteiger partial charge on any atom is 0.317 e. The summed E-state index contributed by atoms with van der Waals surface area (Å²) in [6, 6.07) is 14.1. The van der Waals surface area contributed by atoms with Gasteiger partial charge in [-0.25, -0.2) is 0 Å². The van der Waals surface area contributed by atoms with E-state index in [1.807, 2.05) is 24.3 Å². The summed E-state index contributed by atoms with van der Waals surface area (Å²) in [7, 11) is 0. The molecule has 0 amide bonds. The number of aliphatic carboxylic acids is 1. The van der Waals surface area contributed by atoms with Crippen molar-refractivity contribution < 1.29 is 77.7 Å². The number of carboxylic acid groups (broad SMARTS) is 1. The van der Waals surface area contributed by atoms with E-state index in [1.165, 1.54) is 0 Å². The molecule has 0 radical (unpaired) electrons. The SMILES string of the molecule is NCCO[C@@H]1O[C@H]2[C@@H](O[C@@H](CCO)CC[C@@H]2OC(=O)CC(=O)O)[C@H](O)[C@H]1OOc1cc2c(cc1Cc1cccc(O)c1)OC[C@@H]1c3cc4c(cc3O[C@H]21)OCO4. The van der Waals surface area contributed by atoms with Crippen molar-refractivity contribution in [2.75, 3.05) is 33.2 Å². The molecule has 5 aliphatic rings. The molecule has 5 aliphatic heterocycles. The van der Waals surface area contributed by atoms with Gasteiger partial charge in [0.2, 0.25) is 6.79 Å². The van der Waals surface area contributed by atoms with Crippen LogP contribution in [0.15, 0.2) is 48.5 Å². The summed E-state index contributed by atoms with van der Waals surface area (Å²) in [5.41, 5.74) is 8.74. The van der Waals surface area contributed by atoms with Gasteiger partial charge in [-0.3, -0.25) is 9.59 Å². The first-order chi connectivity index (χ1) is 27.2. The fraction of sp³-hybridized carbons (Fsp3) is 0.487. The predicted octanol–water partition coefficient (Wildman–Crippen LogP) is 2.38. The topological polar surface area (TPSA) is 233 Å². The number of benzene rings is 3. The Kier molecular flexibility index (Phi) is 11.1. The Bertz CT molecular complexity index is 1920. The van der Waals surface area contributed by atoms with Crippen molar-refractivity contribution in [1.29, 1.82) is 0 Å². The van der Waals surface area contributed by atoms with E-state index in [1.54, 1.807) is 24.3 Å². The summed E-state index contributed by atoms with van der Waals surface area (Å²) in [4.78, 5) is 35.9. The fourth-order valence-electron chi connectivity index (χ4n) is 7.88. The number of phenolic OH excluding ortho intramolecular Hbond substituents is 1. The average molecular weight is 782 g/mol. The number of fused-ring (bicyclic) bond motifs is 7. The summed E-state index contributed by atoms with van der Waals surface area (Å²) in [5, 5.41) is 41.0. The van der Waals surface area contributed by atoms with E-state index in [4.69, 9.17) is 58.5 Å². The molecule has 9 atom stereocenters. The fourth-order valence-corrected chi connectivity index (χ4v) is 7.88. The number of nitrogens with two attached hydrogens (primary N) is 1. The van der Waals surface area contributed by atoms with Crippen molar-refractivity contribution in [2.24, 2.45) is 5.73 Å². The van der Waals surface area contributed by atoms with Crippen molar-refractivity contribution in [1.82, 2.24) is 0 Å². The average Bonchev–Trinajstić information content (AvgIpc) is 3.74. The van der Waals surface area contributed by atoms with Crippen LogP contribution in [0.5, 0.6) is 34.5 Å². The number of aromatic hydroxyl groups is 1. The first kappa shape index (κ1) is 38.0. The van der Waals surface area contributed by atoms with E-state index >= 15 is 0 Å². The van der Waals surface area contributed by atoms with Gasteiger partial charge >= 0.3 is 11.9 Å². The van der Waals surface area contributed by atoms with Crippen LogP contribution in [0.2, 0.25) is 0 Å². The minimum atomic E-state index is -1.50. The predicted molar refractivity (Wildman–Crippen MR) is 188 cm³/mol. The van der Waals surface area contributed by atoms with Crippen LogP contribution in [0.4, 0.5) is 0 Å². The van der Waals surface area contributed by atoms with E-state index in [2.05, 4.69) is 0 Å². The summed E-state index contributed by atoms with van der Waals surface area (Å²) in [6.07, 6.45) is -8.34. The standard InChI is InChI=1S/C39H43NO16/c40-7-9-47-39-38(34(46)37-36(54-39)26(52-33(45)16-32(43)44)5-4-22(51-37)6-8-41)56-55-27-14-24-28(12-20(27)10-19-2-1-3-21(42)11-19)48-17-25-23-13-30-31(50-18-49-30)15-29(23)53-35(24)25/h1-3,11-15,22,25-26,34-39,41-42,46H,4-10,16-18,40H2,(H,43,44)/t22-,25-,26+,34+,35-,36-,37+,38-,39-/m1/s1. The number of phenols is 1. The molecule has 17 heteroatoms. The third-order valence-corrected chi connectivity index (χ3v) is 10.5. The zero-order chi connectivity index (χ0) is 38.9. The third-order valence-electron chi connectivity index (χ3n) is 10.5. The van der Waals surface area contributed by atoms with Crippen LogP contribution in [0.3, 0.4) is 0 Å². The van der Waals surface area contributed by atoms with E-state index in [-0.39, 0.29) is 63.2 Å². The van der Waals surface area contributed by atoms with Crippen LogP contribution >= 0.6 is 0 Å². The first-order valence-corrected chi connectivity index (χ1v) is 18.5. The van der Waals surface area contributed by atoms with Crippen LogP contribution in [-0.2, 0) is 39.8 Å². The monoisotopic (exact) mass is 781 g/mol. The largest absolute Gasteiger partial charge is 0.508 e. The van der Waals surface area contributed by atoms with Gasteiger partial charge < -0.3 is 68.9 Å². The molecule has 0 bridgehead atoms. The van der Waals surface area contributed by atoms with Crippen LogP contribution < -0.4 is 29.6 Å². The molecule has 0 aromatic heterocycles. The quantitative estimate of drug-likeness (QED) is 0.0725. The molecule has 0 saturated carbocycles. The first-order valence-electron chi connectivity index (χ1n) is 18.5. The highest BCUT2D eigenvalue weighted by molar-refractivity contribution is 5.90. The maximum absolute atomic E-state index is 12.5. The lowest BCUT2D eigenvalue weighted by Gasteiger charge is -2.44. The molecular weight excluding hydrogens is 738 g/mol. The molecule has 3 aromatic rings. The summed E-state index contributed by atoms with van der Waals surface area (Å²) >= 11 is 0. The second-order valence-corrected chi connectivity index (χ2v) is 14.2. The molecule has 6 N–H and O–H groups in total. The van der Waals surface area contributed by atoms with Crippen LogP contribution in [0.1, 0.15) is 60.0 Å². The number of carbonyl (C=O) groups excluding carboxylic acids is 1. The number of aliphatic hydroxyl groups excluding tert-OH is 2. The highest BCUT2D eigenvalue weighted by atomic mass is 17.2. The van der Waals surface area contributed by atoms with Crippen molar-refractivity contribution in [3.8, 4) is 34.5 Å². The lowest BCUT2D eigenvalue weighted by atomic mass is 9.88. The summed E-state index contributed by atoms with van der Waals surface area (Å²) < 4.78 is 48.0. The number of hydrogen-bond donors (Lipinski definition) is 5. The number of esters is 1. The molecule has 2 fully saturated rings. The Morgan fingerprint density at radius 3 is 2.55 bits per heavy atom. The molecule has 3 aromatic carbocycles. The third kappa shape index (κ3) is 7.75. The van der Waals surface area contributed by atoms with Gasteiger partial charge in [-0.2, -0.15) is 4.89 Å². The highest BCUT2D eigenvalue weighted by Crippen LogP contribution is 2.55. The smallest absolute Gasteiger partial charge is 0.317 e. The van der Waals surface area contributed by atoms with E-state index < -0.39 is 67.4 Å². The molecule has 0 unspecified atom stereocenters. The Labute approximate surface area is 320 Å². The minimum absolute atomic E-state index is 0.00843. The Balaban J connectivity index is 1.10. The molecule has 300 valence electrons. The molecule has 17 nitrogen and oxygen atoms in total. The van der Waals surface area contributed by atoms with Gasteiger partial charge in [0.15, 0.2) is 29.6 Å². The van der Waals surface area contributed by atoms with Gasteiger partial charge in [0, 0.05) is 42.3 Å². The Morgan fingerprint density at radius 2 is 1.77 bits per heavy atom. The molecule has 0 spiro atoms. The minimum Gasteiger partial charge on any atom is -0.508 e. The zero-order valence-electron chi connectivity index (χ0n) is 30.2. The van der Waals surface area contributed by atoms with Crippen LogP contribution in [-0.4, -0.2) is 108 Å². The molecular formula is C39H43NO16. The van der Waals surface area contributed by atoms with Gasteiger partial charge in [-0.15, -0.1) is 0 Å². The molecule has 56 heavy (non-hydrogen) atoms. The Hall–Kier alpha value is -4.88. The van der Waals surface area contributed by atoms with E-state index in [9.17, 15) is 24.9 Å². The normalized spacial score (nSPS) is 28.4. The Morgan fingerprint density at radius 1 is 0.929 bits per heavy atom. The molecule has 0 aliphatic carbocycles. The summed E-state index contributed by atoms with van der Waals surface area (Å²) in [6.45, 7) is 0.341. The van der Waals surface area contributed by atoms with E-state index in [0.717, 1.165) is 11.1 Å². The van der Waals surface area contributed by atoms with Crippen molar-refractivity contribution in [3.63, 3.8) is 0 Å². The maximum atomic E-state index is 12.5. The number of aliphatic hydroxyl groups is 2. The second-order valence-electron chi connectivity index (χ2n) is 14.2.